The van der Waals surface area contributed by atoms with Crippen LogP contribution in [-0.2, 0) is 22.0 Å². The molecule has 1 aliphatic rings. The van der Waals surface area contributed by atoms with Crippen molar-refractivity contribution in [3.05, 3.63) is 83.4 Å². The average Bonchev–Trinajstić information content (AvgIpc) is 3.39. The fraction of sp³-hybridized carbons (Fsp3) is 0.400. The Morgan fingerprint density at radius 3 is 2.44 bits per heavy atom. The van der Waals surface area contributed by atoms with E-state index in [9.17, 15) is 17.2 Å². The van der Waals surface area contributed by atoms with Gasteiger partial charge in [-0.25, -0.2) is 21.9 Å². The van der Waals surface area contributed by atoms with Crippen molar-refractivity contribution in [2.75, 3.05) is 12.8 Å². The van der Waals surface area contributed by atoms with Gasteiger partial charge in [0, 0.05) is 18.3 Å². The largest absolute Gasteiger partial charge is 0.271 e. The standard InChI is InChI=1S/C30H34F2N6O2S/c1-6-19-16-29(2,3)30(4,28-21(19)15-25(36-37-28)27-22(31)9-7-10-23(27)32)26-12-8-11-24(35-26)20-17-33-38(18-20)14-13-34-41(5,39)40/h7-12,15,17-19,34H,6,13-14,16H2,1-5H3/t19-,30+/m1/s1. The Morgan fingerprint density at radius 2 is 1.76 bits per heavy atom. The van der Waals surface area contributed by atoms with Gasteiger partial charge in [0.15, 0.2) is 0 Å². The van der Waals surface area contributed by atoms with Crippen LogP contribution >= 0.6 is 0 Å². The van der Waals surface area contributed by atoms with Gasteiger partial charge in [0.25, 0.3) is 0 Å². The fourth-order valence-electron chi connectivity index (χ4n) is 5.89. The van der Waals surface area contributed by atoms with Crippen molar-refractivity contribution in [1.82, 2.24) is 29.7 Å². The molecule has 2 atom stereocenters. The summed E-state index contributed by atoms with van der Waals surface area (Å²) in [6.07, 6.45) is 6.33. The second kappa shape index (κ2) is 10.7. The summed E-state index contributed by atoms with van der Waals surface area (Å²) in [4.78, 5) is 5.07. The summed E-state index contributed by atoms with van der Waals surface area (Å²) in [5.74, 6) is -1.21. The number of hydrogen-bond donors (Lipinski definition) is 1. The van der Waals surface area contributed by atoms with Crippen molar-refractivity contribution in [3.8, 4) is 22.5 Å². The highest BCUT2D eigenvalue weighted by Crippen LogP contribution is 2.57. The summed E-state index contributed by atoms with van der Waals surface area (Å²) in [7, 11) is -3.28. The molecule has 0 aliphatic heterocycles. The number of aromatic nitrogens is 5. The second-order valence-corrected chi connectivity index (χ2v) is 13.3. The van der Waals surface area contributed by atoms with Crippen molar-refractivity contribution in [1.29, 1.82) is 0 Å². The predicted molar refractivity (Wildman–Crippen MR) is 154 cm³/mol. The van der Waals surface area contributed by atoms with E-state index < -0.39 is 27.1 Å². The second-order valence-electron chi connectivity index (χ2n) is 11.5. The zero-order valence-corrected chi connectivity index (χ0v) is 24.6. The third-order valence-corrected chi connectivity index (χ3v) is 9.18. The third-order valence-electron chi connectivity index (χ3n) is 8.45. The van der Waals surface area contributed by atoms with Crippen LogP contribution < -0.4 is 4.72 Å². The molecule has 8 nitrogen and oxygen atoms in total. The summed E-state index contributed by atoms with van der Waals surface area (Å²) < 4.78 is 56.2. The summed E-state index contributed by atoms with van der Waals surface area (Å²) in [5, 5.41) is 13.4. The lowest BCUT2D eigenvalue weighted by Gasteiger charge is -2.50. The third kappa shape index (κ3) is 5.40. The number of fused-ring (bicyclic) bond motifs is 1. The van der Waals surface area contributed by atoms with Gasteiger partial charge in [-0.05, 0) is 67.0 Å². The van der Waals surface area contributed by atoms with E-state index in [1.54, 1.807) is 16.9 Å². The van der Waals surface area contributed by atoms with Gasteiger partial charge < -0.3 is 0 Å². The molecule has 11 heteroatoms. The van der Waals surface area contributed by atoms with E-state index in [1.165, 1.54) is 18.2 Å². The van der Waals surface area contributed by atoms with Crippen LogP contribution in [0.4, 0.5) is 8.78 Å². The van der Waals surface area contributed by atoms with Gasteiger partial charge in [-0.1, -0.05) is 32.9 Å². The van der Waals surface area contributed by atoms with Crippen LogP contribution in [0, 0.1) is 17.0 Å². The first-order valence-corrected chi connectivity index (χ1v) is 15.5. The van der Waals surface area contributed by atoms with Gasteiger partial charge in [-0.3, -0.25) is 9.67 Å². The van der Waals surface area contributed by atoms with E-state index >= 15 is 0 Å². The number of halogens is 2. The number of nitrogens with one attached hydrogen (secondary N) is 1. The van der Waals surface area contributed by atoms with E-state index in [1.807, 2.05) is 24.4 Å². The maximum Gasteiger partial charge on any atom is 0.208 e. The quantitative estimate of drug-likeness (QED) is 0.297. The minimum absolute atomic E-state index is 0.138. The number of sulfonamides is 1. The smallest absolute Gasteiger partial charge is 0.208 e. The zero-order chi connectivity index (χ0) is 29.6. The molecule has 1 N–H and O–H groups in total. The monoisotopic (exact) mass is 580 g/mol. The van der Waals surface area contributed by atoms with Gasteiger partial charge in [-0.2, -0.15) is 10.2 Å². The van der Waals surface area contributed by atoms with E-state index in [-0.39, 0.29) is 29.1 Å². The minimum Gasteiger partial charge on any atom is -0.271 e. The number of benzene rings is 1. The molecule has 0 saturated heterocycles. The molecule has 0 amide bonds. The van der Waals surface area contributed by atoms with Gasteiger partial charge in [0.1, 0.15) is 11.6 Å². The molecule has 41 heavy (non-hydrogen) atoms. The van der Waals surface area contributed by atoms with Crippen LogP contribution in [0.2, 0.25) is 0 Å². The molecule has 4 aromatic rings. The molecular weight excluding hydrogens is 546 g/mol. The lowest BCUT2D eigenvalue weighted by Crippen LogP contribution is -2.47. The molecule has 1 aliphatic carbocycles. The SMILES string of the molecule is CC[C@@H]1CC(C)(C)[C@@](C)(c2cccc(-c3cnn(CCNS(C)(=O)=O)c3)n2)c2nnc(-c3c(F)cccc3F)cc21. The summed E-state index contributed by atoms with van der Waals surface area (Å²) in [6, 6.07) is 11.4. The molecule has 0 unspecified atom stereocenters. The van der Waals surface area contributed by atoms with Crippen LogP contribution in [-0.4, -0.2) is 46.2 Å². The first kappa shape index (κ1) is 28.9. The fourth-order valence-corrected chi connectivity index (χ4v) is 6.35. The van der Waals surface area contributed by atoms with Crippen molar-refractivity contribution in [3.63, 3.8) is 0 Å². The number of nitrogens with zero attached hydrogens (tertiary/aromatic N) is 5. The van der Waals surface area contributed by atoms with Crippen LogP contribution in [0.25, 0.3) is 22.5 Å². The Kier molecular flexibility index (Phi) is 7.54. The lowest BCUT2D eigenvalue weighted by molar-refractivity contribution is 0.153. The molecule has 0 fully saturated rings. The molecule has 5 rings (SSSR count). The number of pyridine rings is 1. The Hall–Kier alpha value is -3.57. The van der Waals surface area contributed by atoms with Crippen molar-refractivity contribution in [2.45, 2.75) is 58.4 Å². The molecule has 1 aromatic carbocycles. The zero-order valence-electron chi connectivity index (χ0n) is 23.8. The maximum absolute atomic E-state index is 14.7. The van der Waals surface area contributed by atoms with Crippen molar-refractivity contribution in [2.24, 2.45) is 5.41 Å². The molecule has 0 spiro atoms. The lowest BCUT2D eigenvalue weighted by atomic mass is 9.54. The first-order valence-electron chi connectivity index (χ1n) is 13.6. The Balaban J connectivity index is 1.56. The molecule has 216 valence electrons. The summed E-state index contributed by atoms with van der Waals surface area (Å²) in [6.45, 7) is 9.23. The highest BCUT2D eigenvalue weighted by atomic mass is 32.2. The van der Waals surface area contributed by atoms with Gasteiger partial charge in [0.05, 0.1) is 52.8 Å². The topological polar surface area (TPSA) is 103 Å². The maximum atomic E-state index is 14.7. The molecule has 0 saturated carbocycles. The molecule has 3 aromatic heterocycles. The normalized spacial score (nSPS) is 20.1. The Labute approximate surface area is 239 Å². The van der Waals surface area contributed by atoms with Gasteiger partial charge in [0.2, 0.25) is 10.0 Å². The van der Waals surface area contributed by atoms with Crippen molar-refractivity contribution < 1.29 is 17.2 Å². The van der Waals surface area contributed by atoms with E-state index in [0.29, 0.717) is 6.54 Å². The predicted octanol–water partition coefficient (Wildman–Crippen LogP) is 5.46. The van der Waals surface area contributed by atoms with Gasteiger partial charge >= 0.3 is 0 Å². The molecule has 0 bridgehead atoms. The van der Waals surface area contributed by atoms with Crippen LogP contribution in [0.1, 0.15) is 63.4 Å². The van der Waals surface area contributed by atoms with Crippen LogP contribution in [0.15, 0.2) is 54.9 Å². The van der Waals surface area contributed by atoms with E-state index in [0.717, 1.165) is 47.3 Å². The Morgan fingerprint density at radius 1 is 1.05 bits per heavy atom. The average molecular weight is 581 g/mol. The molecule has 0 radical (unpaired) electrons. The highest BCUT2D eigenvalue weighted by molar-refractivity contribution is 7.88. The summed E-state index contributed by atoms with van der Waals surface area (Å²) in [5.41, 5.74) is 3.10. The number of rotatable bonds is 8. The highest BCUT2D eigenvalue weighted by Gasteiger charge is 2.52. The van der Waals surface area contributed by atoms with E-state index in [4.69, 9.17) is 4.98 Å². The van der Waals surface area contributed by atoms with Gasteiger partial charge in [-0.15, -0.1) is 5.10 Å². The number of hydrogen-bond acceptors (Lipinski definition) is 6. The Bertz CT molecular complexity index is 1680. The first-order chi connectivity index (χ1) is 19.3. The molecule has 3 heterocycles. The van der Waals surface area contributed by atoms with E-state index in [2.05, 4.69) is 47.7 Å². The van der Waals surface area contributed by atoms with Crippen LogP contribution in [0.5, 0.6) is 0 Å². The minimum atomic E-state index is -3.28. The van der Waals surface area contributed by atoms with Crippen molar-refractivity contribution >= 4 is 10.0 Å². The van der Waals surface area contributed by atoms with Crippen LogP contribution in [0.3, 0.4) is 0 Å². The summed E-state index contributed by atoms with van der Waals surface area (Å²) >= 11 is 0. The molecular formula is C30H34F2N6O2S.